The molecule has 0 aromatic heterocycles. The molecule has 1 N–H and O–H groups in total. The third-order valence-electron chi connectivity index (χ3n) is 5.30. The molecule has 28 heavy (non-hydrogen) atoms. The van der Waals surface area contributed by atoms with Crippen LogP contribution in [0, 0.1) is 5.92 Å². The van der Waals surface area contributed by atoms with Crippen molar-refractivity contribution in [1.82, 2.24) is 10.2 Å². The highest BCUT2D eigenvalue weighted by molar-refractivity contribution is 5.84. The fourth-order valence-electron chi connectivity index (χ4n) is 3.72. The molecule has 1 saturated heterocycles. The second kappa shape index (κ2) is 9.40. The van der Waals surface area contributed by atoms with E-state index in [0.29, 0.717) is 26.1 Å². The van der Waals surface area contributed by atoms with Crippen molar-refractivity contribution >= 4 is 11.8 Å². The number of likely N-dealkylation sites (tertiary alicyclic amines) is 1. The smallest absolute Gasteiger partial charge is 0.227 e. The first-order chi connectivity index (χ1) is 13.6. The van der Waals surface area contributed by atoms with Crippen molar-refractivity contribution in [2.75, 3.05) is 26.7 Å². The van der Waals surface area contributed by atoms with Crippen LogP contribution in [0.2, 0.25) is 0 Å². The van der Waals surface area contributed by atoms with Crippen molar-refractivity contribution < 1.29 is 14.3 Å². The Kier molecular flexibility index (Phi) is 6.69. The van der Waals surface area contributed by atoms with Crippen LogP contribution in [0.5, 0.6) is 5.75 Å². The predicted molar refractivity (Wildman–Crippen MR) is 109 cm³/mol. The van der Waals surface area contributed by atoms with Crippen molar-refractivity contribution in [2.45, 2.75) is 25.7 Å². The summed E-state index contributed by atoms with van der Waals surface area (Å²) in [5.74, 6) is 0.626. The fraction of sp³-hybridized carbons (Fsp3) is 0.391. The zero-order valence-corrected chi connectivity index (χ0v) is 16.6. The number of rotatable bonds is 7. The number of carbonyl (C=O) groups excluding carboxylic acids is 2. The van der Waals surface area contributed by atoms with Gasteiger partial charge >= 0.3 is 0 Å². The second-order valence-electron chi connectivity index (χ2n) is 7.24. The van der Waals surface area contributed by atoms with Gasteiger partial charge in [-0.05, 0) is 29.7 Å². The van der Waals surface area contributed by atoms with Gasteiger partial charge in [0, 0.05) is 25.6 Å². The highest BCUT2D eigenvalue weighted by Gasteiger charge is 2.40. The number of amides is 2. The quantitative estimate of drug-likeness (QED) is 0.803. The van der Waals surface area contributed by atoms with Crippen LogP contribution in [0.4, 0.5) is 0 Å². The molecule has 1 aliphatic rings. The maximum atomic E-state index is 12.8. The van der Waals surface area contributed by atoms with Crippen molar-refractivity contribution in [3.05, 3.63) is 65.7 Å². The molecule has 0 aliphatic carbocycles. The number of hydrogen-bond acceptors (Lipinski definition) is 3. The average molecular weight is 380 g/mol. The van der Waals surface area contributed by atoms with E-state index in [2.05, 4.69) is 5.32 Å². The summed E-state index contributed by atoms with van der Waals surface area (Å²) in [5, 5.41) is 3.00. The SMILES string of the molecule is CCCNC(=O)C1CN(C(=O)Cc2ccccc2)CC1c1ccc(OC)cc1. The van der Waals surface area contributed by atoms with E-state index >= 15 is 0 Å². The number of hydrogen-bond donors (Lipinski definition) is 1. The maximum absolute atomic E-state index is 12.8. The van der Waals surface area contributed by atoms with Gasteiger partial charge in [-0.25, -0.2) is 0 Å². The zero-order chi connectivity index (χ0) is 19.9. The van der Waals surface area contributed by atoms with E-state index in [1.54, 1.807) is 7.11 Å². The van der Waals surface area contributed by atoms with Gasteiger partial charge in [0.1, 0.15) is 5.75 Å². The molecule has 1 aliphatic heterocycles. The molecule has 2 unspecified atom stereocenters. The Balaban J connectivity index is 1.77. The van der Waals surface area contributed by atoms with Gasteiger partial charge in [-0.3, -0.25) is 9.59 Å². The summed E-state index contributed by atoms with van der Waals surface area (Å²) in [4.78, 5) is 27.4. The lowest BCUT2D eigenvalue weighted by atomic mass is 9.88. The van der Waals surface area contributed by atoms with Crippen LogP contribution in [0.3, 0.4) is 0 Å². The van der Waals surface area contributed by atoms with E-state index in [-0.39, 0.29) is 23.7 Å². The van der Waals surface area contributed by atoms with Crippen molar-refractivity contribution in [1.29, 1.82) is 0 Å². The number of ether oxygens (including phenoxy) is 1. The standard InChI is InChI=1S/C23H28N2O3/c1-3-13-24-23(27)21-16-25(22(26)14-17-7-5-4-6-8-17)15-20(21)18-9-11-19(28-2)12-10-18/h4-12,20-21H,3,13-16H2,1-2H3,(H,24,27). The van der Waals surface area contributed by atoms with Gasteiger partial charge in [0.15, 0.2) is 0 Å². The molecule has 2 amide bonds. The summed E-state index contributed by atoms with van der Waals surface area (Å²) in [5.41, 5.74) is 2.06. The van der Waals surface area contributed by atoms with Gasteiger partial charge in [0.25, 0.3) is 0 Å². The van der Waals surface area contributed by atoms with E-state index in [0.717, 1.165) is 23.3 Å². The molecule has 2 aromatic rings. The minimum Gasteiger partial charge on any atom is -0.497 e. The topological polar surface area (TPSA) is 58.6 Å². The van der Waals surface area contributed by atoms with E-state index in [1.807, 2.05) is 66.4 Å². The van der Waals surface area contributed by atoms with Crippen molar-refractivity contribution in [3.63, 3.8) is 0 Å². The number of carbonyl (C=O) groups is 2. The molecule has 0 saturated carbocycles. The van der Waals surface area contributed by atoms with Gasteiger partial charge < -0.3 is 15.0 Å². The van der Waals surface area contributed by atoms with Crippen LogP contribution < -0.4 is 10.1 Å². The molecule has 5 nitrogen and oxygen atoms in total. The molecule has 148 valence electrons. The summed E-state index contributed by atoms with van der Waals surface area (Å²) in [7, 11) is 1.63. The summed E-state index contributed by atoms with van der Waals surface area (Å²) in [6, 6.07) is 17.5. The fourth-order valence-corrected chi connectivity index (χ4v) is 3.72. The molecule has 0 spiro atoms. The minimum atomic E-state index is -0.236. The molecule has 1 heterocycles. The first-order valence-electron chi connectivity index (χ1n) is 9.85. The first-order valence-corrected chi connectivity index (χ1v) is 9.85. The Morgan fingerprint density at radius 3 is 2.43 bits per heavy atom. The summed E-state index contributed by atoms with van der Waals surface area (Å²) < 4.78 is 5.24. The van der Waals surface area contributed by atoms with Crippen LogP contribution in [0.1, 0.15) is 30.4 Å². The Hall–Kier alpha value is -2.82. The molecule has 0 bridgehead atoms. The predicted octanol–water partition coefficient (Wildman–Crippen LogP) is 3.01. The van der Waals surface area contributed by atoms with Gasteiger partial charge in [-0.1, -0.05) is 49.4 Å². The normalized spacial score (nSPS) is 18.7. The zero-order valence-electron chi connectivity index (χ0n) is 16.6. The van der Waals surface area contributed by atoms with Crippen LogP contribution >= 0.6 is 0 Å². The van der Waals surface area contributed by atoms with E-state index < -0.39 is 0 Å². The van der Waals surface area contributed by atoms with Crippen molar-refractivity contribution in [2.24, 2.45) is 5.92 Å². The monoisotopic (exact) mass is 380 g/mol. The Labute approximate surface area is 166 Å². The molecule has 5 heteroatoms. The molecule has 2 aromatic carbocycles. The number of nitrogens with zero attached hydrogens (tertiary/aromatic N) is 1. The molecular weight excluding hydrogens is 352 g/mol. The molecule has 2 atom stereocenters. The van der Waals surface area contributed by atoms with Crippen LogP contribution in [0.15, 0.2) is 54.6 Å². The number of nitrogens with one attached hydrogen (secondary N) is 1. The lowest BCUT2D eigenvalue weighted by Gasteiger charge is -2.18. The number of methoxy groups -OCH3 is 1. The first kappa shape index (κ1) is 19.9. The largest absolute Gasteiger partial charge is 0.497 e. The van der Waals surface area contributed by atoms with Crippen molar-refractivity contribution in [3.8, 4) is 5.75 Å². The Morgan fingerprint density at radius 2 is 1.79 bits per heavy atom. The lowest BCUT2D eigenvalue weighted by molar-refractivity contribution is -0.130. The summed E-state index contributed by atoms with van der Waals surface area (Å²) in [6.07, 6.45) is 1.25. The van der Waals surface area contributed by atoms with Gasteiger partial charge in [-0.2, -0.15) is 0 Å². The van der Waals surface area contributed by atoms with Crippen LogP contribution in [0.25, 0.3) is 0 Å². The third kappa shape index (κ3) is 4.71. The second-order valence-corrected chi connectivity index (χ2v) is 7.24. The Bertz CT molecular complexity index is 789. The highest BCUT2D eigenvalue weighted by atomic mass is 16.5. The van der Waals surface area contributed by atoms with Gasteiger partial charge in [0.05, 0.1) is 19.4 Å². The maximum Gasteiger partial charge on any atom is 0.227 e. The van der Waals surface area contributed by atoms with E-state index in [4.69, 9.17) is 4.74 Å². The van der Waals surface area contributed by atoms with Gasteiger partial charge in [0.2, 0.25) is 11.8 Å². The minimum absolute atomic E-state index is 0.0116. The summed E-state index contributed by atoms with van der Waals surface area (Å²) >= 11 is 0. The highest BCUT2D eigenvalue weighted by Crippen LogP contribution is 2.34. The number of benzene rings is 2. The van der Waals surface area contributed by atoms with Gasteiger partial charge in [-0.15, -0.1) is 0 Å². The molecule has 1 fully saturated rings. The lowest BCUT2D eigenvalue weighted by Crippen LogP contribution is -2.36. The van der Waals surface area contributed by atoms with Crippen LogP contribution in [-0.4, -0.2) is 43.5 Å². The van der Waals surface area contributed by atoms with E-state index in [9.17, 15) is 9.59 Å². The Morgan fingerprint density at radius 1 is 1.07 bits per heavy atom. The third-order valence-corrected chi connectivity index (χ3v) is 5.30. The summed E-state index contributed by atoms with van der Waals surface area (Å²) in [6.45, 7) is 3.70. The molecule has 0 radical (unpaired) electrons. The average Bonchev–Trinajstić information content (AvgIpc) is 3.18. The van der Waals surface area contributed by atoms with E-state index in [1.165, 1.54) is 0 Å². The molecule has 3 rings (SSSR count). The molecular formula is C23H28N2O3. The van der Waals surface area contributed by atoms with Crippen LogP contribution in [-0.2, 0) is 16.0 Å².